The van der Waals surface area contributed by atoms with E-state index in [2.05, 4.69) is 15.4 Å². The molecule has 0 radical (unpaired) electrons. The van der Waals surface area contributed by atoms with E-state index in [1.807, 2.05) is 20.0 Å². The SMILES string of the molecule is Cc1nn(C)c2ncc(C(=O)NCCCCCCCC(=O)O)cc12. The van der Waals surface area contributed by atoms with Gasteiger partial charge in [-0.05, 0) is 25.8 Å². The number of nitrogens with zero attached hydrogens (tertiary/aromatic N) is 3. The summed E-state index contributed by atoms with van der Waals surface area (Å²) in [7, 11) is 1.83. The van der Waals surface area contributed by atoms with Crippen molar-refractivity contribution in [3.8, 4) is 0 Å². The maximum Gasteiger partial charge on any atom is 0.303 e. The zero-order valence-corrected chi connectivity index (χ0v) is 14.2. The van der Waals surface area contributed by atoms with Crippen LogP contribution in [0.5, 0.6) is 0 Å². The minimum atomic E-state index is -0.739. The van der Waals surface area contributed by atoms with E-state index in [1.54, 1.807) is 10.9 Å². The zero-order valence-electron chi connectivity index (χ0n) is 14.2. The summed E-state index contributed by atoms with van der Waals surface area (Å²) in [5.74, 6) is -0.866. The number of carbonyl (C=O) groups excluding carboxylic acids is 1. The van der Waals surface area contributed by atoms with Gasteiger partial charge in [-0.15, -0.1) is 0 Å². The lowest BCUT2D eigenvalue weighted by Gasteiger charge is -2.05. The summed E-state index contributed by atoms with van der Waals surface area (Å²) in [6, 6.07) is 1.83. The minimum absolute atomic E-state index is 0.126. The molecule has 0 aliphatic carbocycles. The van der Waals surface area contributed by atoms with Gasteiger partial charge in [0.1, 0.15) is 0 Å². The quantitative estimate of drug-likeness (QED) is 0.687. The number of carbonyl (C=O) groups is 2. The van der Waals surface area contributed by atoms with Crippen molar-refractivity contribution in [1.82, 2.24) is 20.1 Å². The van der Waals surface area contributed by atoms with E-state index in [9.17, 15) is 9.59 Å². The molecule has 2 N–H and O–H groups in total. The topological polar surface area (TPSA) is 97.1 Å². The number of aromatic nitrogens is 3. The Bertz CT molecular complexity index is 724. The first kappa shape index (κ1) is 17.9. The summed E-state index contributed by atoms with van der Waals surface area (Å²) >= 11 is 0. The number of fused-ring (bicyclic) bond motifs is 1. The highest BCUT2D eigenvalue weighted by Gasteiger charge is 2.11. The van der Waals surface area contributed by atoms with Crippen molar-refractivity contribution >= 4 is 22.9 Å². The largest absolute Gasteiger partial charge is 0.481 e. The number of hydrogen-bond donors (Lipinski definition) is 2. The fourth-order valence-electron chi connectivity index (χ4n) is 2.67. The second-order valence-corrected chi connectivity index (χ2v) is 5.97. The van der Waals surface area contributed by atoms with E-state index >= 15 is 0 Å². The van der Waals surface area contributed by atoms with Gasteiger partial charge >= 0.3 is 5.97 Å². The molecule has 0 bridgehead atoms. The minimum Gasteiger partial charge on any atom is -0.481 e. The van der Waals surface area contributed by atoms with Crippen LogP contribution in [0.1, 0.15) is 54.6 Å². The molecule has 0 saturated carbocycles. The van der Waals surface area contributed by atoms with Gasteiger partial charge < -0.3 is 10.4 Å². The maximum atomic E-state index is 12.2. The molecule has 2 heterocycles. The van der Waals surface area contributed by atoms with Crippen LogP contribution < -0.4 is 5.32 Å². The highest BCUT2D eigenvalue weighted by Crippen LogP contribution is 2.16. The average molecular weight is 332 g/mol. The molecule has 0 spiro atoms. The Morgan fingerprint density at radius 1 is 1.21 bits per heavy atom. The van der Waals surface area contributed by atoms with Gasteiger partial charge in [0.2, 0.25) is 0 Å². The van der Waals surface area contributed by atoms with E-state index in [4.69, 9.17) is 5.11 Å². The van der Waals surface area contributed by atoms with Crippen molar-refractivity contribution in [2.24, 2.45) is 7.05 Å². The number of rotatable bonds is 9. The summed E-state index contributed by atoms with van der Waals surface area (Å²) in [6.07, 6.45) is 6.31. The number of carboxylic acid groups (broad SMARTS) is 1. The molecule has 0 aliphatic rings. The van der Waals surface area contributed by atoms with Crippen LogP contribution >= 0.6 is 0 Å². The third-order valence-corrected chi connectivity index (χ3v) is 3.98. The van der Waals surface area contributed by atoms with Gasteiger partial charge in [-0.3, -0.25) is 14.3 Å². The molecule has 7 heteroatoms. The van der Waals surface area contributed by atoms with Gasteiger partial charge in [0.25, 0.3) is 5.91 Å². The fraction of sp³-hybridized carbons (Fsp3) is 0.529. The molecule has 0 unspecified atom stereocenters. The van der Waals surface area contributed by atoms with Crippen molar-refractivity contribution in [3.63, 3.8) is 0 Å². The first-order chi connectivity index (χ1) is 11.5. The van der Waals surface area contributed by atoms with Crippen molar-refractivity contribution in [2.75, 3.05) is 6.54 Å². The average Bonchev–Trinajstić information content (AvgIpc) is 2.83. The number of hydrogen-bond acceptors (Lipinski definition) is 4. The molecular formula is C17H24N4O3. The van der Waals surface area contributed by atoms with Crippen LogP contribution in [0.25, 0.3) is 11.0 Å². The number of aryl methyl sites for hydroxylation is 2. The molecule has 2 rings (SSSR count). The number of pyridine rings is 1. The lowest BCUT2D eigenvalue weighted by Crippen LogP contribution is -2.24. The Morgan fingerprint density at radius 3 is 2.67 bits per heavy atom. The van der Waals surface area contributed by atoms with E-state index in [0.29, 0.717) is 12.1 Å². The number of unbranched alkanes of at least 4 members (excludes halogenated alkanes) is 4. The van der Waals surface area contributed by atoms with Crippen LogP contribution in [0, 0.1) is 6.92 Å². The normalized spacial score (nSPS) is 10.9. The molecule has 0 aromatic carbocycles. The number of aliphatic carboxylic acids is 1. The van der Waals surface area contributed by atoms with Crippen molar-refractivity contribution in [2.45, 2.75) is 45.4 Å². The Balaban J connectivity index is 1.73. The summed E-state index contributed by atoms with van der Waals surface area (Å²) in [6.45, 7) is 2.51. The van der Waals surface area contributed by atoms with E-state index in [1.165, 1.54) is 0 Å². The summed E-state index contributed by atoms with van der Waals surface area (Å²) in [5.41, 5.74) is 2.17. The maximum absolute atomic E-state index is 12.2. The fourth-order valence-corrected chi connectivity index (χ4v) is 2.67. The van der Waals surface area contributed by atoms with Crippen LogP contribution in [0.4, 0.5) is 0 Å². The summed E-state index contributed by atoms with van der Waals surface area (Å²) in [4.78, 5) is 26.9. The predicted molar refractivity (Wildman–Crippen MR) is 90.9 cm³/mol. The molecule has 0 fully saturated rings. The van der Waals surface area contributed by atoms with Gasteiger partial charge in [-0.2, -0.15) is 5.10 Å². The molecule has 7 nitrogen and oxygen atoms in total. The molecule has 0 saturated heterocycles. The van der Waals surface area contributed by atoms with Gasteiger partial charge in [0.15, 0.2) is 5.65 Å². The standard InChI is InChI=1S/C17H24N4O3/c1-12-14-10-13(11-19-16(14)21(2)20-12)17(24)18-9-7-5-3-4-6-8-15(22)23/h10-11H,3-9H2,1-2H3,(H,18,24)(H,22,23). The first-order valence-electron chi connectivity index (χ1n) is 8.28. The van der Waals surface area contributed by atoms with Crippen LogP contribution in [0.3, 0.4) is 0 Å². The van der Waals surface area contributed by atoms with Crippen LogP contribution in [0.15, 0.2) is 12.3 Å². The molecule has 2 aromatic rings. The third kappa shape index (κ3) is 4.78. The van der Waals surface area contributed by atoms with Crippen molar-refractivity contribution in [1.29, 1.82) is 0 Å². The first-order valence-corrected chi connectivity index (χ1v) is 8.28. The van der Waals surface area contributed by atoms with Crippen LogP contribution in [0.2, 0.25) is 0 Å². The Hall–Kier alpha value is -2.44. The van der Waals surface area contributed by atoms with E-state index in [0.717, 1.165) is 48.8 Å². The number of nitrogens with one attached hydrogen (secondary N) is 1. The zero-order chi connectivity index (χ0) is 17.5. The number of carboxylic acids is 1. The molecular weight excluding hydrogens is 308 g/mol. The molecule has 24 heavy (non-hydrogen) atoms. The third-order valence-electron chi connectivity index (χ3n) is 3.98. The molecule has 0 aliphatic heterocycles. The highest BCUT2D eigenvalue weighted by molar-refractivity contribution is 5.97. The monoisotopic (exact) mass is 332 g/mol. The Labute approximate surface area is 141 Å². The Morgan fingerprint density at radius 2 is 1.92 bits per heavy atom. The predicted octanol–water partition coefficient (Wildman–Crippen LogP) is 2.43. The lowest BCUT2D eigenvalue weighted by atomic mass is 10.1. The van der Waals surface area contributed by atoms with Gasteiger partial charge in [-0.1, -0.05) is 19.3 Å². The summed E-state index contributed by atoms with van der Waals surface area (Å²) < 4.78 is 1.71. The van der Waals surface area contributed by atoms with Gasteiger partial charge in [0, 0.05) is 31.6 Å². The van der Waals surface area contributed by atoms with Gasteiger partial charge in [-0.25, -0.2) is 4.98 Å². The summed E-state index contributed by atoms with van der Waals surface area (Å²) in [5, 5.41) is 16.6. The van der Waals surface area contributed by atoms with Crippen molar-refractivity contribution < 1.29 is 14.7 Å². The molecule has 130 valence electrons. The van der Waals surface area contributed by atoms with Crippen LogP contribution in [-0.2, 0) is 11.8 Å². The van der Waals surface area contributed by atoms with Crippen LogP contribution in [-0.4, -0.2) is 38.3 Å². The van der Waals surface area contributed by atoms with E-state index in [-0.39, 0.29) is 12.3 Å². The molecule has 0 atom stereocenters. The number of amides is 1. The van der Waals surface area contributed by atoms with Crippen molar-refractivity contribution in [3.05, 3.63) is 23.5 Å². The molecule has 2 aromatic heterocycles. The Kier molecular flexibility index (Phi) is 6.28. The van der Waals surface area contributed by atoms with E-state index < -0.39 is 5.97 Å². The smallest absolute Gasteiger partial charge is 0.303 e. The second kappa shape index (κ2) is 8.42. The molecule has 1 amide bonds. The lowest BCUT2D eigenvalue weighted by molar-refractivity contribution is -0.137. The highest BCUT2D eigenvalue weighted by atomic mass is 16.4. The van der Waals surface area contributed by atoms with Gasteiger partial charge in [0.05, 0.1) is 11.3 Å². The second-order valence-electron chi connectivity index (χ2n) is 5.97.